The molecule has 7 amide bonds. The Morgan fingerprint density at radius 3 is 2.08 bits per heavy atom. The molecule has 336 valence electrons. The molecule has 14 N–H and O–H groups in total. The second kappa shape index (κ2) is 23.3. The van der Waals surface area contributed by atoms with Crippen molar-refractivity contribution in [3.63, 3.8) is 0 Å². The third-order valence-corrected chi connectivity index (χ3v) is 10.7. The number of nitrogens with zero attached hydrogens (tertiary/aromatic N) is 2. The van der Waals surface area contributed by atoms with Gasteiger partial charge in [-0.3, -0.25) is 38.6 Å². The van der Waals surface area contributed by atoms with E-state index >= 15 is 0 Å². The van der Waals surface area contributed by atoms with E-state index in [0.717, 1.165) is 10.9 Å². The Balaban J connectivity index is 1.50. The lowest BCUT2D eigenvalue weighted by Crippen LogP contribution is -2.59. The van der Waals surface area contributed by atoms with E-state index in [2.05, 4.69) is 51.8 Å². The van der Waals surface area contributed by atoms with Crippen molar-refractivity contribution in [1.82, 2.24) is 46.9 Å². The molecule has 5 atom stereocenters. The van der Waals surface area contributed by atoms with Gasteiger partial charge in [-0.1, -0.05) is 41.9 Å². The predicted molar refractivity (Wildman–Crippen MR) is 234 cm³/mol. The highest BCUT2D eigenvalue weighted by Crippen LogP contribution is 2.20. The number of benzene rings is 2. The number of hydrogen-bond acceptors (Lipinski definition) is 9. The molecule has 63 heavy (non-hydrogen) atoms. The van der Waals surface area contributed by atoms with Crippen molar-refractivity contribution < 1.29 is 33.6 Å². The van der Waals surface area contributed by atoms with Crippen LogP contribution in [0.25, 0.3) is 10.9 Å². The molecule has 5 rings (SSSR count). The number of amides is 7. The van der Waals surface area contributed by atoms with Gasteiger partial charge in [0.05, 0.1) is 6.33 Å². The molecule has 2 aromatic carbocycles. The van der Waals surface area contributed by atoms with Crippen LogP contribution in [0.2, 0.25) is 5.02 Å². The third kappa shape index (κ3) is 14.9. The summed E-state index contributed by atoms with van der Waals surface area (Å²) >= 11 is 6.15. The number of aromatic nitrogens is 3. The summed E-state index contributed by atoms with van der Waals surface area (Å²) in [6.45, 7) is 0.313. The first-order valence-corrected chi connectivity index (χ1v) is 21.0. The van der Waals surface area contributed by atoms with Gasteiger partial charge in [-0.25, -0.2) is 4.98 Å². The molecule has 2 aromatic heterocycles. The van der Waals surface area contributed by atoms with Crippen LogP contribution in [0.3, 0.4) is 0 Å². The molecule has 3 heterocycles. The molecule has 21 heteroatoms. The van der Waals surface area contributed by atoms with E-state index in [1.54, 1.807) is 30.5 Å². The molecular formula is C42H54ClN13O7. The van der Waals surface area contributed by atoms with Gasteiger partial charge >= 0.3 is 0 Å². The van der Waals surface area contributed by atoms with Crippen molar-refractivity contribution in [2.75, 3.05) is 13.1 Å². The summed E-state index contributed by atoms with van der Waals surface area (Å²) in [6.07, 6.45) is 5.17. The van der Waals surface area contributed by atoms with Gasteiger partial charge in [0, 0.05) is 79.2 Å². The van der Waals surface area contributed by atoms with Gasteiger partial charge in [-0.05, 0) is 61.4 Å². The van der Waals surface area contributed by atoms with Gasteiger partial charge in [0.25, 0.3) is 0 Å². The zero-order valence-corrected chi connectivity index (χ0v) is 35.3. The normalized spacial score (nSPS) is 21.5. The number of aliphatic imine (C=N–C) groups is 1. The number of carbonyl (C=O) groups is 7. The summed E-state index contributed by atoms with van der Waals surface area (Å²) in [6, 6.07) is 7.75. The molecule has 0 spiro atoms. The van der Waals surface area contributed by atoms with Crippen LogP contribution in [-0.2, 0) is 52.8 Å². The molecule has 1 fully saturated rings. The lowest BCUT2D eigenvalue weighted by atomic mass is 10.0. The maximum absolute atomic E-state index is 14.4. The van der Waals surface area contributed by atoms with Crippen molar-refractivity contribution in [3.05, 3.63) is 89.1 Å². The fourth-order valence-corrected chi connectivity index (χ4v) is 7.18. The van der Waals surface area contributed by atoms with Crippen molar-refractivity contribution in [3.8, 4) is 0 Å². The molecule has 1 saturated heterocycles. The molecule has 1 aliphatic rings. The first kappa shape index (κ1) is 47.1. The summed E-state index contributed by atoms with van der Waals surface area (Å²) in [5.41, 5.74) is 19.4. The standard InChI is InChI=1S/C42H54ClN13O7/c43-26-12-10-24(11-13-26)18-32-39(61)54-31(9-5-17-49-42(45)46)38(60)56-33(19-25-21-50-29-7-2-1-6-28(25)29)40(62)53-30(37(44)59)8-3-4-16-48-35(57)14-15-36(58)52-34(41(63)55-32)20-27-22-47-23-51-27/h1-2,6-7,10-13,21-23,30-34,50H,3-5,8-9,14-20H2,(H2,44,59)(H,47,51)(H,48,57)(H,52,58)(H,53,62)(H,54,61)(H,55,63)(H,56,60)(H4,45,46,49)/t30?,31-,32+,33-,34-/m0/s1. The number of hydrogen-bond donors (Lipinski definition) is 11. The smallest absolute Gasteiger partial charge is 0.243 e. The van der Waals surface area contributed by atoms with Crippen molar-refractivity contribution in [2.24, 2.45) is 22.2 Å². The molecule has 0 aliphatic carbocycles. The highest BCUT2D eigenvalue weighted by Gasteiger charge is 2.33. The van der Waals surface area contributed by atoms with Crippen LogP contribution < -0.4 is 49.1 Å². The number of guanidine groups is 1. The SMILES string of the molecule is NC(=O)C1CCCCNC(=O)CCC(=O)N[C@@H](Cc2cnc[nH]2)C(=O)N[C@H](Cc2ccc(Cl)cc2)C(=O)N[C@@H](CCCN=C(N)N)C(=O)N[C@@H](Cc2c[nH]c3ccccc23)C(=O)N1. The Bertz CT molecular complexity index is 2240. The Labute approximate surface area is 368 Å². The molecule has 4 aromatic rings. The van der Waals surface area contributed by atoms with Crippen LogP contribution in [0.4, 0.5) is 0 Å². The van der Waals surface area contributed by atoms with E-state index in [-0.39, 0.29) is 70.4 Å². The van der Waals surface area contributed by atoms with Crippen molar-refractivity contribution in [1.29, 1.82) is 0 Å². The quantitative estimate of drug-likeness (QED) is 0.0527. The largest absolute Gasteiger partial charge is 0.370 e. The molecular weight excluding hydrogens is 834 g/mol. The lowest BCUT2D eigenvalue weighted by molar-refractivity contribution is -0.135. The molecule has 0 radical (unpaired) electrons. The van der Waals surface area contributed by atoms with Crippen LogP contribution in [0, 0.1) is 0 Å². The first-order chi connectivity index (χ1) is 30.2. The maximum atomic E-state index is 14.4. The van der Waals surface area contributed by atoms with Gasteiger partial charge in [0.2, 0.25) is 41.4 Å². The molecule has 0 bridgehead atoms. The van der Waals surface area contributed by atoms with Crippen LogP contribution >= 0.6 is 11.6 Å². The zero-order chi connectivity index (χ0) is 45.3. The summed E-state index contributed by atoms with van der Waals surface area (Å²) in [4.78, 5) is 110. The fourth-order valence-electron chi connectivity index (χ4n) is 7.05. The summed E-state index contributed by atoms with van der Waals surface area (Å²) in [5, 5.41) is 17.6. The number of fused-ring (bicyclic) bond motifs is 1. The van der Waals surface area contributed by atoms with Gasteiger partial charge in [0.15, 0.2) is 5.96 Å². The monoisotopic (exact) mass is 887 g/mol. The van der Waals surface area contributed by atoms with Crippen molar-refractivity contribution in [2.45, 2.75) is 94.4 Å². The van der Waals surface area contributed by atoms with E-state index in [4.69, 9.17) is 28.8 Å². The van der Waals surface area contributed by atoms with Gasteiger partial charge in [0.1, 0.15) is 30.2 Å². The fraction of sp³-hybridized carbons (Fsp3) is 0.405. The minimum absolute atomic E-state index is 0.00738. The molecule has 1 aliphatic heterocycles. The average molecular weight is 888 g/mol. The number of halogens is 1. The maximum Gasteiger partial charge on any atom is 0.243 e. The van der Waals surface area contributed by atoms with E-state index < -0.39 is 71.6 Å². The highest BCUT2D eigenvalue weighted by molar-refractivity contribution is 6.30. The molecule has 1 unspecified atom stereocenters. The molecule has 20 nitrogen and oxygen atoms in total. The minimum Gasteiger partial charge on any atom is -0.370 e. The highest BCUT2D eigenvalue weighted by atomic mass is 35.5. The van der Waals surface area contributed by atoms with Crippen LogP contribution in [0.1, 0.15) is 61.8 Å². The van der Waals surface area contributed by atoms with Gasteiger partial charge < -0.3 is 59.1 Å². The van der Waals surface area contributed by atoms with Crippen LogP contribution in [-0.4, -0.2) is 106 Å². The number of carbonyl (C=O) groups excluding carboxylic acids is 7. The van der Waals surface area contributed by atoms with Crippen LogP contribution in [0.15, 0.2) is 72.2 Å². The van der Waals surface area contributed by atoms with Gasteiger partial charge in [-0.2, -0.15) is 0 Å². The molecule has 0 saturated carbocycles. The topological polar surface area (TPSA) is 327 Å². The number of nitrogens with two attached hydrogens (primary N) is 3. The first-order valence-electron chi connectivity index (χ1n) is 20.6. The predicted octanol–water partition coefficient (Wildman–Crippen LogP) is -0.384. The number of para-hydroxylation sites is 1. The number of H-pyrrole nitrogens is 2. The summed E-state index contributed by atoms with van der Waals surface area (Å²) in [7, 11) is 0. The van der Waals surface area contributed by atoms with E-state index in [0.29, 0.717) is 34.7 Å². The Morgan fingerprint density at radius 2 is 1.38 bits per heavy atom. The lowest BCUT2D eigenvalue weighted by Gasteiger charge is -2.27. The Kier molecular flexibility index (Phi) is 17.4. The van der Waals surface area contributed by atoms with Gasteiger partial charge in [-0.15, -0.1) is 0 Å². The number of imidazole rings is 1. The van der Waals surface area contributed by atoms with E-state index in [1.807, 2.05) is 24.3 Å². The number of rotatable bonds is 11. The summed E-state index contributed by atoms with van der Waals surface area (Å²) in [5.74, 6) is -4.95. The minimum atomic E-state index is -1.32. The summed E-state index contributed by atoms with van der Waals surface area (Å²) < 4.78 is 0. The second-order valence-corrected chi connectivity index (χ2v) is 15.7. The number of nitrogens with one attached hydrogen (secondary N) is 8. The van der Waals surface area contributed by atoms with Crippen LogP contribution in [0.5, 0.6) is 0 Å². The van der Waals surface area contributed by atoms with Crippen molar-refractivity contribution >= 4 is 69.8 Å². The Morgan fingerprint density at radius 1 is 0.730 bits per heavy atom. The zero-order valence-electron chi connectivity index (χ0n) is 34.6. The van der Waals surface area contributed by atoms with E-state index in [9.17, 15) is 33.6 Å². The number of aromatic amines is 2. The average Bonchev–Trinajstić information content (AvgIpc) is 3.93. The van der Waals surface area contributed by atoms with E-state index in [1.165, 1.54) is 12.5 Å². The second-order valence-electron chi connectivity index (χ2n) is 15.2. The number of primary amides is 1. The third-order valence-electron chi connectivity index (χ3n) is 10.4. The Hall–Kier alpha value is -6.96.